The maximum Gasteiger partial charge on any atom is 0.192 e. The molecule has 0 heterocycles. The van der Waals surface area contributed by atoms with Crippen molar-refractivity contribution < 1.29 is 3.07 Å². The van der Waals surface area contributed by atoms with Crippen molar-refractivity contribution in [3.8, 4) is 5.75 Å². The molecule has 1 aromatic rings. The van der Waals surface area contributed by atoms with Crippen molar-refractivity contribution in [3.05, 3.63) is 30.3 Å². The summed E-state index contributed by atoms with van der Waals surface area (Å²) in [6.07, 6.45) is 0. The molecule has 1 rings (SSSR count). The molecular formula is C6H4IO. The first-order valence-corrected chi connectivity index (χ1v) is 3.07. The molecule has 8 heavy (non-hydrogen) atoms. The maximum absolute atomic E-state index is 4.83. The van der Waals surface area contributed by atoms with Crippen LogP contribution in [0.1, 0.15) is 0 Å². The van der Waals surface area contributed by atoms with Gasteiger partial charge in [-0.05, 0) is 6.07 Å². The predicted molar refractivity (Wildman–Crippen MR) is 39.9 cm³/mol. The Morgan fingerprint density at radius 3 is 2.75 bits per heavy atom. The molecule has 1 nitrogen and oxygen atoms in total. The molecule has 0 aliphatic rings. The smallest absolute Gasteiger partial charge is 0.192 e. The summed E-state index contributed by atoms with van der Waals surface area (Å²) >= 11 is 1.82. The van der Waals surface area contributed by atoms with Gasteiger partial charge in [-0.25, -0.2) is 0 Å². The average Bonchev–Trinajstić information content (AvgIpc) is 1.90. The third-order valence-electron chi connectivity index (χ3n) is 0.764. The van der Waals surface area contributed by atoms with Crippen molar-refractivity contribution in [1.29, 1.82) is 0 Å². The highest BCUT2D eigenvalue weighted by Gasteiger charge is 1.83. The van der Waals surface area contributed by atoms with E-state index in [1.165, 1.54) is 0 Å². The molecule has 0 saturated heterocycles. The molecule has 0 fully saturated rings. The fraction of sp³-hybridized carbons (Fsp3) is 0. The van der Waals surface area contributed by atoms with Crippen molar-refractivity contribution in [2.75, 3.05) is 0 Å². The molecule has 0 spiro atoms. The van der Waals surface area contributed by atoms with Crippen molar-refractivity contribution in [2.24, 2.45) is 0 Å². The summed E-state index contributed by atoms with van der Waals surface area (Å²) in [5.74, 6) is 0.771. The van der Waals surface area contributed by atoms with Crippen LogP contribution in [-0.2, 0) is 0 Å². The summed E-state index contributed by atoms with van der Waals surface area (Å²) in [6, 6.07) is 10.4. The maximum atomic E-state index is 4.83. The van der Waals surface area contributed by atoms with Crippen molar-refractivity contribution in [1.82, 2.24) is 0 Å². The summed E-state index contributed by atoms with van der Waals surface area (Å²) in [5.41, 5.74) is 0. The van der Waals surface area contributed by atoms with Gasteiger partial charge < -0.3 is 3.07 Å². The summed E-state index contributed by atoms with van der Waals surface area (Å²) in [7, 11) is 0. The van der Waals surface area contributed by atoms with Crippen LogP contribution >= 0.6 is 23.0 Å². The zero-order chi connectivity index (χ0) is 5.82. The minimum atomic E-state index is 0.771. The molecule has 0 aromatic heterocycles. The second kappa shape index (κ2) is 2.91. The van der Waals surface area contributed by atoms with E-state index in [0.29, 0.717) is 0 Å². The van der Waals surface area contributed by atoms with E-state index in [1.807, 2.05) is 47.3 Å². The van der Waals surface area contributed by atoms with Gasteiger partial charge in [0.25, 0.3) is 0 Å². The van der Waals surface area contributed by atoms with E-state index in [4.69, 9.17) is 3.07 Å². The van der Waals surface area contributed by atoms with Crippen LogP contribution < -0.4 is 3.07 Å². The number of halogens is 1. The molecule has 0 atom stereocenters. The van der Waals surface area contributed by atoms with Gasteiger partial charge in [0.2, 0.25) is 0 Å². The summed E-state index contributed by atoms with van der Waals surface area (Å²) in [5, 5.41) is 0. The lowest BCUT2D eigenvalue weighted by Crippen LogP contribution is -1.69. The van der Waals surface area contributed by atoms with Gasteiger partial charge in [0.1, 0.15) is 5.75 Å². The standard InChI is InChI=1S/C6H4IO/c7-8-6-4-2-1-3-5-6/h1-4H. The van der Waals surface area contributed by atoms with Crippen LogP contribution in [0.3, 0.4) is 0 Å². The number of benzene rings is 1. The molecule has 0 amide bonds. The van der Waals surface area contributed by atoms with Crippen LogP contribution in [0, 0.1) is 6.07 Å². The Balaban J connectivity index is 2.83. The second-order valence-corrected chi connectivity index (χ2v) is 1.74. The summed E-state index contributed by atoms with van der Waals surface area (Å²) < 4.78 is 4.83. The Bertz CT molecular complexity index is 150. The number of para-hydroxylation sites is 1. The first kappa shape index (κ1) is 5.88. The van der Waals surface area contributed by atoms with E-state index in [1.54, 1.807) is 0 Å². The van der Waals surface area contributed by atoms with E-state index >= 15 is 0 Å². The normalized spacial score (nSPS) is 8.62. The third-order valence-corrected chi connectivity index (χ3v) is 1.24. The van der Waals surface area contributed by atoms with E-state index in [-0.39, 0.29) is 0 Å². The molecule has 2 heteroatoms. The Kier molecular flexibility index (Phi) is 2.14. The molecule has 0 saturated carbocycles. The van der Waals surface area contributed by atoms with E-state index in [2.05, 4.69) is 6.07 Å². The van der Waals surface area contributed by atoms with Crippen LogP contribution in [0.4, 0.5) is 0 Å². The fourth-order valence-electron chi connectivity index (χ4n) is 0.425. The van der Waals surface area contributed by atoms with Gasteiger partial charge >= 0.3 is 0 Å². The molecule has 0 bridgehead atoms. The van der Waals surface area contributed by atoms with Crippen LogP contribution in [0.15, 0.2) is 24.3 Å². The lowest BCUT2D eigenvalue weighted by atomic mass is 10.3. The molecule has 0 N–H and O–H groups in total. The molecule has 41 valence electrons. The highest BCUT2D eigenvalue weighted by atomic mass is 127. The van der Waals surface area contributed by atoms with Gasteiger partial charge in [-0.15, -0.1) is 0 Å². The second-order valence-electron chi connectivity index (χ2n) is 1.30. The Hall–Kier alpha value is -0.250. The minimum absolute atomic E-state index is 0.771. The molecule has 1 aromatic carbocycles. The number of hydrogen-bond acceptors (Lipinski definition) is 1. The first-order valence-electron chi connectivity index (χ1n) is 2.19. The lowest BCUT2D eigenvalue weighted by molar-refractivity contribution is 0.715. The van der Waals surface area contributed by atoms with Crippen LogP contribution in [0.5, 0.6) is 5.75 Å². The molecule has 1 radical (unpaired) electrons. The lowest BCUT2D eigenvalue weighted by Gasteiger charge is -1.89. The number of hydrogen-bond donors (Lipinski definition) is 0. The first-order chi connectivity index (χ1) is 3.93. The van der Waals surface area contributed by atoms with Gasteiger partial charge in [-0.1, -0.05) is 18.2 Å². The van der Waals surface area contributed by atoms with E-state index < -0.39 is 0 Å². The topological polar surface area (TPSA) is 9.23 Å². The summed E-state index contributed by atoms with van der Waals surface area (Å²) in [6.45, 7) is 0. The molecule has 0 aliphatic carbocycles. The van der Waals surface area contributed by atoms with Crippen molar-refractivity contribution in [2.45, 2.75) is 0 Å². The van der Waals surface area contributed by atoms with Crippen molar-refractivity contribution >= 4 is 23.0 Å². The van der Waals surface area contributed by atoms with Crippen LogP contribution in [0.25, 0.3) is 0 Å². The van der Waals surface area contributed by atoms with Gasteiger partial charge in [-0.2, -0.15) is 0 Å². The predicted octanol–water partition coefficient (Wildman–Crippen LogP) is 2.22. The van der Waals surface area contributed by atoms with Gasteiger partial charge in [0.05, 0.1) is 0 Å². The summed E-state index contributed by atoms with van der Waals surface area (Å²) in [4.78, 5) is 0. The molecule has 0 unspecified atom stereocenters. The fourth-order valence-corrected chi connectivity index (χ4v) is 0.699. The quantitative estimate of drug-likeness (QED) is 0.658. The number of rotatable bonds is 1. The highest BCUT2D eigenvalue weighted by Crippen LogP contribution is 2.09. The third kappa shape index (κ3) is 1.36. The SMILES string of the molecule is IOc1[c]cccc1. The van der Waals surface area contributed by atoms with E-state index in [9.17, 15) is 0 Å². The van der Waals surface area contributed by atoms with Crippen LogP contribution in [0.2, 0.25) is 0 Å². The van der Waals surface area contributed by atoms with E-state index in [0.717, 1.165) is 5.75 Å². The Labute approximate surface area is 62.4 Å². The average molecular weight is 219 g/mol. The zero-order valence-electron chi connectivity index (χ0n) is 4.10. The largest absolute Gasteiger partial charge is 0.427 e. The monoisotopic (exact) mass is 219 g/mol. The minimum Gasteiger partial charge on any atom is -0.427 e. The Morgan fingerprint density at radius 1 is 1.50 bits per heavy atom. The molecule has 0 aliphatic heterocycles. The van der Waals surface area contributed by atoms with Crippen molar-refractivity contribution in [3.63, 3.8) is 0 Å². The van der Waals surface area contributed by atoms with Gasteiger partial charge in [-0.3, -0.25) is 0 Å². The Morgan fingerprint density at radius 2 is 2.38 bits per heavy atom. The van der Waals surface area contributed by atoms with Crippen LogP contribution in [-0.4, -0.2) is 0 Å². The zero-order valence-corrected chi connectivity index (χ0v) is 6.25. The van der Waals surface area contributed by atoms with Gasteiger partial charge in [0.15, 0.2) is 23.0 Å². The van der Waals surface area contributed by atoms with Gasteiger partial charge in [0, 0.05) is 6.07 Å². The molecular weight excluding hydrogens is 215 g/mol. The highest BCUT2D eigenvalue weighted by molar-refractivity contribution is 14.1.